The van der Waals surface area contributed by atoms with Gasteiger partial charge in [-0.3, -0.25) is 14.5 Å². The summed E-state index contributed by atoms with van der Waals surface area (Å²) in [6.45, 7) is 10.3. The SMILES string of the molecule is C=C(C(N)=O)C(CC1CC1)NC(=O)C1CC(I)CN1[C@@H](O)[C@@H](NC(=O)NC1(CSC)CCCCC1)C(C)(C)C. The average Bonchev–Trinajstić information content (AvgIpc) is 3.58. The van der Waals surface area contributed by atoms with E-state index in [2.05, 4.69) is 51.4 Å². The monoisotopic (exact) mass is 677 g/mol. The Hall–Kier alpha value is -1.05. The van der Waals surface area contributed by atoms with Crippen molar-refractivity contribution < 1.29 is 19.5 Å². The molecular weight excluding hydrogens is 629 g/mol. The van der Waals surface area contributed by atoms with Crippen LogP contribution in [0.1, 0.15) is 78.6 Å². The van der Waals surface area contributed by atoms with Crippen LogP contribution in [0.15, 0.2) is 12.2 Å². The van der Waals surface area contributed by atoms with Crippen LogP contribution < -0.4 is 21.7 Å². The van der Waals surface area contributed by atoms with Gasteiger partial charge in [-0.1, -0.05) is 82.0 Å². The Morgan fingerprint density at radius 2 is 1.82 bits per heavy atom. The van der Waals surface area contributed by atoms with Gasteiger partial charge in [0.1, 0.15) is 6.23 Å². The first kappa shape index (κ1) is 32.5. The molecule has 4 amide bonds. The molecule has 2 saturated carbocycles. The number of primary amides is 1. The zero-order valence-corrected chi connectivity index (χ0v) is 26.9. The number of nitrogens with one attached hydrogen (secondary N) is 3. The fourth-order valence-electron chi connectivity index (χ4n) is 5.93. The molecule has 0 radical (unpaired) electrons. The van der Waals surface area contributed by atoms with E-state index in [9.17, 15) is 19.5 Å². The summed E-state index contributed by atoms with van der Waals surface area (Å²) in [5, 5.41) is 21.1. The molecule has 0 spiro atoms. The Morgan fingerprint density at radius 3 is 2.36 bits per heavy atom. The van der Waals surface area contributed by atoms with E-state index in [1.807, 2.05) is 20.8 Å². The highest BCUT2D eigenvalue weighted by molar-refractivity contribution is 14.1. The van der Waals surface area contributed by atoms with Crippen LogP contribution in [0.4, 0.5) is 4.79 Å². The molecule has 0 aromatic heterocycles. The van der Waals surface area contributed by atoms with Gasteiger partial charge in [-0.25, -0.2) is 4.79 Å². The molecule has 0 aromatic rings. The van der Waals surface area contributed by atoms with Crippen molar-refractivity contribution in [3.05, 3.63) is 12.2 Å². The van der Waals surface area contributed by atoms with Gasteiger partial charge in [-0.15, -0.1) is 0 Å². The molecule has 6 N–H and O–H groups in total. The van der Waals surface area contributed by atoms with Crippen LogP contribution in [0.5, 0.6) is 0 Å². The second kappa shape index (κ2) is 13.7. The largest absolute Gasteiger partial charge is 0.376 e. The molecule has 1 heterocycles. The van der Waals surface area contributed by atoms with Gasteiger partial charge in [0.2, 0.25) is 11.8 Å². The van der Waals surface area contributed by atoms with Crippen LogP contribution >= 0.6 is 34.4 Å². The molecule has 11 heteroatoms. The minimum Gasteiger partial charge on any atom is -0.376 e. The van der Waals surface area contributed by atoms with Crippen LogP contribution in [0.3, 0.4) is 0 Å². The van der Waals surface area contributed by atoms with Crippen molar-refractivity contribution in [1.82, 2.24) is 20.9 Å². The van der Waals surface area contributed by atoms with Gasteiger partial charge < -0.3 is 26.8 Å². The minimum atomic E-state index is -1.07. The number of halogens is 1. The quantitative estimate of drug-likeness (QED) is 0.122. The third kappa shape index (κ3) is 8.97. The van der Waals surface area contributed by atoms with Gasteiger partial charge in [-0.2, -0.15) is 11.8 Å². The van der Waals surface area contributed by atoms with Crippen molar-refractivity contribution in [2.45, 2.75) is 112 Å². The van der Waals surface area contributed by atoms with Crippen molar-refractivity contribution in [3.63, 3.8) is 0 Å². The number of likely N-dealkylation sites (tertiary alicyclic amines) is 1. The molecule has 1 saturated heterocycles. The summed E-state index contributed by atoms with van der Waals surface area (Å²) in [7, 11) is 0. The van der Waals surface area contributed by atoms with Crippen LogP contribution in [0.25, 0.3) is 0 Å². The van der Waals surface area contributed by atoms with Gasteiger partial charge in [0.25, 0.3) is 0 Å². The van der Waals surface area contributed by atoms with Crippen LogP contribution in [-0.2, 0) is 9.59 Å². The first-order valence-corrected chi connectivity index (χ1v) is 16.8. The molecule has 222 valence electrons. The standard InChI is InChI=1S/C28H48IN5O4S/c1-17(23(30)35)20(13-18-9-10-18)31-24(36)21-14-19(29)15-34(21)25(37)22(27(2,3)4)32-26(38)33-28(16-39-5)11-7-6-8-12-28/h18-22,25,37H,1,6-16H2,2-5H3,(H2,30,35)(H,31,36)(H2,32,33,38)/t19?,20?,21?,22-,25+/m1/s1. The van der Waals surface area contributed by atoms with E-state index in [-0.39, 0.29) is 27.0 Å². The number of urea groups is 1. The fourth-order valence-corrected chi connectivity index (χ4v) is 7.78. The number of aliphatic hydroxyl groups excluding tert-OH is 1. The normalized spacial score (nSPS) is 25.8. The first-order valence-electron chi connectivity index (χ1n) is 14.2. The lowest BCUT2D eigenvalue weighted by atomic mass is 9.83. The number of rotatable bonds is 12. The third-order valence-electron chi connectivity index (χ3n) is 8.38. The molecular formula is C28H48IN5O4S. The van der Waals surface area contributed by atoms with E-state index < -0.39 is 35.7 Å². The van der Waals surface area contributed by atoms with Gasteiger partial charge in [0.05, 0.1) is 23.7 Å². The molecule has 3 unspecified atom stereocenters. The van der Waals surface area contributed by atoms with Crippen molar-refractivity contribution >= 4 is 52.2 Å². The molecule has 2 aliphatic carbocycles. The topological polar surface area (TPSA) is 137 Å². The van der Waals surface area contributed by atoms with Crippen molar-refractivity contribution in [2.24, 2.45) is 17.1 Å². The number of thioether (sulfide) groups is 1. The maximum atomic E-state index is 13.6. The third-order valence-corrected chi connectivity index (χ3v) is 10.1. The molecule has 0 bridgehead atoms. The summed E-state index contributed by atoms with van der Waals surface area (Å²) in [5.41, 5.74) is 4.99. The van der Waals surface area contributed by atoms with Gasteiger partial charge in [-0.05, 0) is 43.3 Å². The lowest BCUT2D eigenvalue weighted by molar-refractivity contribution is -0.132. The van der Waals surface area contributed by atoms with E-state index in [1.165, 1.54) is 6.42 Å². The van der Waals surface area contributed by atoms with Crippen LogP contribution in [0.2, 0.25) is 0 Å². The lowest BCUT2D eigenvalue weighted by Gasteiger charge is -2.42. The highest BCUT2D eigenvalue weighted by atomic mass is 127. The average molecular weight is 678 g/mol. The summed E-state index contributed by atoms with van der Waals surface area (Å²) in [6, 6.07) is -2.01. The van der Waals surface area contributed by atoms with E-state index in [1.54, 1.807) is 16.7 Å². The fraction of sp³-hybridized carbons (Fsp3) is 0.821. The van der Waals surface area contributed by atoms with Crippen molar-refractivity contribution in [3.8, 4) is 0 Å². The van der Waals surface area contributed by atoms with Crippen LogP contribution in [0, 0.1) is 11.3 Å². The summed E-state index contributed by atoms with van der Waals surface area (Å²) in [5.74, 6) is 0.448. The first-order chi connectivity index (χ1) is 18.3. The Bertz CT molecular complexity index is 897. The number of amides is 4. The van der Waals surface area contributed by atoms with Crippen molar-refractivity contribution in [2.75, 3.05) is 18.6 Å². The second-order valence-electron chi connectivity index (χ2n) is 12.8. The lowest BCUT2D eigenvalue weighted by Crippen LogP contribution is -2.64. The number of hydrogen-bond acceptors (Lipinski definition) is 6. The van der Waals surface area contributed by atoms with E-state index in [0.29, 0.717) is 25.3 Å². The Balaban J connectivity index is 1.74. The summed E-state index contributed by atoms with van der Waals surface area (Å²) < 4.78 is 0.149. The predicted molar refractivity (Wildman–Crippen MR) is 166 cm³/mol. The number of nitrogens with zero attached hydrogens (tertiary/aromatic N) is 1. The number of alkyl halides is 1. The summed E-state index contributed by atoms with van der Waals surface area (Å²) in [4.78, 5) is 40.5. The van der Waals surface area contributed by atoms with Gasteiger partial charge >= 0.3 is 6.03 Å². The smallest absolute Gasteiger partial charge is 0.315 e. The number of aliphatic hydroxyl groups is 1. The maximum absolute atomic E-state index is 13.6. The zero-order chi connectivity index (χ0) is 29.0. The summed E-state index contributed by atoms with van der Waals surface area (Å²) in [6.07, 6.45) is 9.61. The predicted octanol–water partition coefficient (Wildman–Crippen LogP) is 3.29. The number of carbonyl (C=O) groups excluding carboxylic acids is 3. The molecule has 39 heavy (non-hydrogen) atoms. The molecule has 3 aliphatic rings. The van der Waals surface area contributed by atoms with Gasteiger partial charge in [0.15, 0.2) is 0 Å². The molecule has 0 aromatic carbocycles. The molecule has 5 atom stereocenters. The highest BCUT2D eigenvalue weighted by Crippen LogP contribution is 2.36. The number of carbonyl (C=O) groups is 3. The van der Waals surface area contributed by atoms with Crippen molar-refractivity contribution in [1.29, 1.82) is 0 Å². The number of hydrogen-bond donors (Lipinski definition) is 5. The molecule has 3 rings (SSSR count). The van der Waals surface area contributed by atoms with E-state index >= 15 is 0 Å². The second-order valence-corrected chi connectivity index (χ2v) is 15.4. The Labute approximate surface area is 251 Å². The minimum absolute atomic E-state index is 0.149. The molecule has 3 fully saturated rings. The zero-order valence-electron chi connectivity index (χ0n) is 23.9. The van der Waals surface area contributed by atoms with E-state index in [0.717, 1.165) is 44.3 Å². The molecule has 1 aliphatic heterocycles. The maximum Gasteiger partial charge on any atom is 0.315 e. The molecule has 9 nitrogen and oxygen atoms in total. The Morgan fingerprint density at radius 1 is 1.18 bits per heavy atom. The van der Waals surface area contributed by atoms with Gasteiger partial charge in [0, 0.05) is 21.8 Å². The summed E-state index contributed by atoms with van der Waals surface area (Å²) >= 11 is 4.05. The number of nitrogens with two attached hydrogens (primary N) is 1. The van der Waals surface area contributed by atoms with Crippen LogP contribution in [-0.4, -0.2) is 80.2 Å². The Kier molecular flexibility index (Phi) is 11.4. The van der Waals surface area contributed by atoms with E-state index in [4.69, 9.17) is 5.73 Å². The highest BCUT2D eigenvalue weighted by Gasteiger charge is 2.46.